The molecule has 1 aromatic rings. The van der Waals surface area contributed by atoms with Crippen molar-refractivity contribution in [1.82, 2.24) is 4.98 Å². The van der Waals surface area contributed by atoms with Crippen molar-refractivity contribution in [2.75, 3.05) is 11.6 Å². The molecule has 0 aliphatic carbocycles. The van der Waals surface area contributed by atoms with Crippen molar-refractivity contribution in [1.29, 1.82) is 0 Å². The maximum Gasteiger partial charge on any atom is 0.0502 e. The number of halogens is 1. The largest absolute Gasteiger partial charge is 0.260 e. The standard InChI is InChI=1S/C9H12ClNS/c10-5-3-7-12-8-9-4-1-2-6-11-9/h1-2,4,6H,3,5,7-8H2. The molecule has 0 N–H and O–H groups in total. The predicted octanol–water partition coefficient (Wildman–Crippen LogP) is 2.94. The van der Waals surface area contributed by atoms with Gasteiger partial charge < -0.3 is 0 Å². The summed E-state index contributed by atoms with van der Waals surface area (Å²) in [6.07, 6.45) is 2.91. The first-order chi connectivity index (χ1) is 5.93. The summed E-state index contributed by atoms with van der Waals surface area (Å²) >= 11 is 7.44. The summed E-state index contributed by atoms with van der Waals surface area (Å²) in [6.45, 7) is 0. The van der Waals surface area contributed by atoms with Gasteiger partial charge in [0.15, 0.2) is 0 Å². The molecule has 3 heteroatoms. The number of rotatable bonds is 5. The monoisotopic (exact) mass is 201 g/mol. The van der Waals surface area contributed by atoms with Crippen molar-refractivity contribution in [3.63, 3.8) is 0 Å². The smallest absolute Gasteiger partial charge is 0.0502 e. The van der Waals surface area contributed by atoms with Gasteiger partial charge in [0, 0.05) is 17.8 Å². The van der Waals surface area contributed by atoms with Crippen LogP contribution >= 0.6 is 23.4 Å². The van der Waals surface area contributed by atoms with E-state index in [1.165, 1.54) is 0 Å². The summed E-state index contributed by atoms with van der Waals surface area (Å²) < 4.78 is 0. The second-order valence-electron chi connectivity index (χ2n) is 2.42. The van der Waals surface area contributed by atoms with Gasteiger partial charge in [-0.2, -0.15) is 11.8 Å². The van der Waals surface area contributed by atoms with Crippen molar-refractivity contribution in [3.05, 3.63) is 30.1 Å². The molecule has 1 nitrogen and oxygen atoms in total. The van der Waals surface area contributed by atoms with E-state index in [9.17, 15) is 0 Å². The van der Waals surface area contributed by atoms with Crippen LogP contribution in [0, 0.1) is 0 Å². The zero-order chi connectivity index (χ0) is 8.65. The fourth-order valence-electron chi connectivity index (χ4n) is 0.817. The molecule has 0 amide bonds. The first-order valence-corrected chi connectivity index (χ1v) is 5.66. The van der Waals surface area contributed by atoms with Crippen molar-refractivity contribution in [3.8, 4) is 0 Å². The van der Waals surface area contributed by atoms with Gasteiger partial charge in [-0.05, 0) is 24.3 Å². The Labute approximate surface area is 82.5 Å². The van der Waals surface area contributed by atoms with Gasteiger partial charge in [0.25, 0.3) is 0 Å². The van der Waals surface area contributed by atoms with Crippen LogP contribution in [0.25, 0.3) is 0 Å². The molecule has 0 saturated carbocycles. The third kappa shape index (κ3) is 3.98. The van der Waals surface area contributed by atoms with Crippen LogP contribution in [-0.2, 0) is 5.75 Å². The fourth-order valence-corrected chi connectivity index (χ4v) is 1.98. The van der Waals surface area contributed by atoms with E-state index in [1.807, 2.05) is 36.2 Å². The Bertz CT molecular complexity index is 203. The lowest BCUT2D eigenvalue weighted by molar-refractivity contribution is 1.11. The van der Waals surface area contributed by atoms with Crippen LogP contribution in [-0.4, -0.2) is 16.6 Å². The number of nitrogens with zero attached hydrogens (tertiary/aromatic N) is 1. The molecule has 0 aliphatic rings. The number of hydrogen-bond acceptors (Lipinski definition) is 2. The Morgan fingerprint density at radius 1 is 1.42 bits per heavy atom. The summed E-state index contributed by atoms with van der Waals surface area (Å²) in [5.74, 6) is 2.88. The molecule has 66 valence electrons. The summed E-state index contributed by atoms with van der Waals surface area (Å²) in [5, 5.41) is 0. The van der Waals surface area contributed by atoms with Gasteiger partial charge in [-0.25, -0.2) is 0 Å². The Kier molecular flexibility index (Phi) is 5.20. The molecule has 0 radical (unpaired) electrons. The Morgan fingerprint density at radius 2 is 2.33 bits per heavy atom. The number of alkyl halides is 1. The van der Waals surface area contributed by atoms with Crippen molar-refractivity contribution in [2.24, 2.45) is 0 Å². The van der Waals surface area contributed by atoms with Gasteiger partial charge in [-0.15, -0.1) is 11.6 Å². The summed E-state index contributed by atoms with van der Waals surface area (Å²) in [4.78, 5) is 4.22. The lowest BCUT2D eigenvalue weighted by atomic mass is 10.4. The zero-order valence-corrected chi connectivity index (χ0v) is 8.44. The van der Waals surface area contributed by atoms with E-state index in [-0.39, 0.29) is 0 Å². The molecule has 1 heterocycles. The molecule has 0 saturated heterocycles. The summed E-state index contributed by atoms with van der Waals surface area (Å²) in [5.41, 5.74) is 1.15. The van der Waals surface area contributed by atoms with E-state index in [0.29, 0.717) is 0 Å². The molecule has 1 rings (SSSR count). The van der Waals surface area contributed by atoms with E-state index in [1.54, 1.807) is 0 Å². The second kappa shape index (κ2) is 6.32. The number of pyridine rings is 1. The highest BCUT2D eigenvalue weighted by atomic mass is 35.5. The molecule has 0 unspecified atom stereocenters. The third-order valence-electron chi connectivity index (χ3n) is 1.40. The highest BCUT2D eigenvalue weighted by Gasteiger charge is 1.92. The maximum atomic E-state index is 5.55. The van der Waals surface area contributed by atoms with E-state index in [2.05, 4.69) is 4.98 Å². The Balaban J connectivity index is 2.16. The topological polar surface area (TPSA) is 12.9 Å². The third-order valence-corrected chi connectivity index (χ3v) is 2.74. The van der Waals surface area contributed by atoms with Crippen molar-refractivity contribution >= 4 is 23.4 Å². The van der Waals surface area contributed by atoms with Crippen LogP contribution in [0.2, 0.25) is 0 Å². The van der Waals surface area contributed by atoms with Crippen LogP contribution in [0.1, 0.15) is 12.1 Å². The van der Waals surface area contributed by atoms with Gasteiger partial charge in [-0.3, -0.25) is 4.98 Å². The first kappa shape index (κ1) is 9.87. The molecule has 0 spiro atoms. The molecule has 1 aromatic heterocycles. The molecule has 0 bridgehead atoms. The molecule has 0 aliphatic heterocycles. The predicted molar refractivity (Wildman–Crippen MR) is 55.7 cm³/mol. The second-order valence-corrected chi connectivity index (χ2v) is 3.90. The van der Waals surface area contributed by atoms with Crippen LogP contribution in [0.4, 0.5) is 0 Å². The Morgan fingerprint density at radius 3 is 3.00 bits per heavy atom. The highest BCUT2D eigenvalue weighted by molar-refractivity contribution is 7.98. The van der Waals surface area contributed by atoms with Gasteiger partial charge >= 0.3 is 0 Å². The van der Waals surface area contributed by atoms with Crippen molar-refractivity contribution in [2.45, 2.75) is 12.2 Å². The summed E-state index contributed by atoms with van der Waals surface area (Å²) in [7, 11) is 0. The maximum absolute atomic E-state index is 5.55. The van der Waals surface area contributed by atoms with Crippen LogP contribution in [0.3, 0.4) is 0 Å². The van der Waals surface area contributed by atoms with E-state index >= 15 is 0 Å². The molecule has 0 atom stereocenters. The Hall–Kier alpha value is -0.210. The minimum Gasteiger partial charge on any atom is -0.260 e. The number of thioether (sulfide) groups is 1. The minimum atomic E-state index is 0.759. The average molecular weight is 202 g/mol. The van der Waals surface area contributed by atoms with Gasteiger partial charge in [0.1, 0.15) is 0 Å². The lowest BCUT2D eigenvalue weighted by Crippen LogP contribution is -1.87. The molecular formula is C9H12ClNS. The average Bonchev–Trinajstić information content (AvgIpc) is 2.14. The quantitative estimate of drug-likeness (QED) is 0.537. The molecule has 0 fully saturated rings. The van der Waals surface area contributed by atoms with Gasteiger partial charge in [0.2, 0.25) is 0 Å². The van der Waals surface area contributed by atoms with E-state index < -0.39 is 0 Å². The highest BCUT2D eigenvalue weighted by Crippen LogP contribution is 2.10. The molecular weight excluding hydrogens is 190 g/mol. The van der Waals surface area contributed by atoms with Crippen LogP contribution in [0.5, 0.6) is 0 Å². The van der Waals surface area contributed by atoms with Gasteiger partial charge in [0.05, 0.1) is 5.69 Å². The minimum absolute atomic E-state index is 0.759. The van der Waals surface area contributed by atoms with E-state index in [0.717, 1.165) is 29.5 Å². The van der Waals surface area contributed by atoms with Gasteiger partial charge in [-0.1, -0.05) is 6.07 Å². The molecule has 0 aromatic carbocycles. The molecule has 12 heavy (non-hydrogen) atoms. The van der Waals surface area contributed by atoms with E-state index in [4.69, 9.17) is 11.6 Å². The van der Waals surface area contributed by atoms with Crippen molar-refractivity contribution < 1.29 is 0 Å². The SMILES string of the molecule is ClCCCSCc1ccccn1. The fraction of sp³-hybridized carbons (Fsp3) is 0.444. The number of aromatic nitrogens is 1. The van der Waals surface area contributed by atoms with Crippen LogP contribution in [0.15, 0.2) is 24.4 Å². The lowest BCUT2D eigenvalue weighted by Gasteiger charge is -1.98. The summed E-state index contributed by atoms with van der Waals surface area (Å²) in [6, 6.07) is 6.01. The normalized spacial score (nSPS) is 10.1. The number of hydrogen-bond donors (Lipinski definition) is 0. The zero-order valence-electron chi connectivity index (χ0n) is 6.87. The first-order valence-electron chi connectivity index (χ1n) is 3.97. The van der Waals surface area contributed by atoms with Crippen LogP contribution < -0.4 is 0 Å².